The number of non-ortho nitro benzene ring substituents is 1. The fraction of sp³-hybridized carbons (Fsp3) is 0.500. The van der Waals surface area contributed by atoms with Gasteiger partial charge in [0.05, 0.1) is 10.3 Å². The van der Waals surface area contributed by atoms with Crippen LogP contribution in [0.15, 0.2) is 24.3 Å². The Bertz CT molecular complexity index is 514. The molecule has 1 fully saturated rings. The topological polar surface area (TPSA) is 83.7 Å². The summed E-state index contributed by atoms with van der Waals surface area (Å²) in [6.07, 6.45) is 1.44. The van der Waals surface area contributed by atoms with Crippen LogP contribution in [0.5, 0.6) is 0 Å². The van der Waals surface area contributed by atoms with Crippen LogP contribution in [0.1, 0.15) is 18.9 Å². The maximum absolute atomic E-state index is 11.2. The number of likely N-dealkylation sites (tertiary alicyclic amines) is 1. The van der Waals surface area contributed by atoms with Crippen molar-refractivity contribution < 1.29 is 14.8 Å². The number of rotatable bonds is 5. The van der Waals surface area contributed by atoms with Crippen molar-refractivity contribution in [2.24, 2.45) is 5.41 Å². The molecule has 1 atom stereocenters. The summed E-state index contributed by atoms with van der Waals surface area (Å²) in [5, 5.41) is 19.7. The van der Waals surface area contributed by atoms with E-state index < -0.39 is 16.3 Å². The summed E-state index contributed by atoms with van der Waals surface area (Å²) in [5.41, 5.74) is 0.475. The molecule has 1 aromatic carbocycles. The van der Waals surface area contributed by atoms with Gasteiger partial charge in [-0.05, 0) is 31.9 Å². The first-order valence-corrected chi connectivity index (χ1v) is 6.60. The first kappa shape index (κ1) is 14.5. The SMILES string of the molecule is CC1(C(=O)O)CCN(CCc2ccc([N+](=O)[O-])cc2)C1. The Morgan fingerprint density at radius 1 is 1.45 bits per heavy atom. The van der Waals surface area contributed by atoms with Gasteiger partial charge in [-0.1, -0.05) is 12.1 Å². The smallest absolute Gasteiger partial charge is 0.310 e. The summed E-state index contributed by atoms with van der Waals surface area (Å²) in [6.45, 7) is 3.91. The van der Waals surface area contributed by atoms with Crippen molar-refractivity contribution in [1.29, 1.82) is 0 Å². The molecule has 1 N–H and O–H groups in total. The zero-order valence-corrected chi connectivity index (χ0v) is 11.4. The molecule has 0 aliphatic carbocycles. The maximum Gasteiger partial charge on any atom is 0.310 e. The van der Waals surface area contributed by atoms with Gasteiger partial charge in [-0.15, -0.1) is 0 Å². The minimum absolute atomic E-state index is 0.0911. The number of nitro benzene ring substituents is 1. The normalized spacial score (nSPS) is 22.9. The van der Waals surface area contributed by atoms with Gasteiger partial charge in [-0.25, -0.2) is 0 Å². The second-order valence-electron chi connectivity index (χ2n) is 5.57. The van der Waals surface area contributed by atoms with Crippen LogP contribution in [0, 0.1) is 15.5 Å². The highest BCUT2D eigenvalue weighted by Crippen LogP contribution is 2.30. The van der Waals surface area contributed by atoms with Crippen LogP contribution < -0.4 is 0 Å². The number of carbonyl (C=O) groups is 1. The van der Waals surface area contributed by atoms with Crippen LogP contribution in [0.2, 0.25) is 0 Å². The van der Waals surface area contributed by atoms with Crippen LogP contribution in [-0.4, -0.2) is 40.5 Å². The molecule has 0 bridgehead atoms. The average molecular weight is 278 g/mol. The Morgan fingerprint density at radius 2 is 2.10 bits per heavy atom. The lowest BCUT2D eigenvalue weighted by molar-refractivity contribution is -0.384. The zero-order valence-electron chi connectivity index (χ0n) is 11.4. The number of nitro groups is 1. The predicted octanol–water partition coefficient (Wildman–Crippen LogP) is 1.93. The molecule has 6 nitrogen and oxygen atoms in total. The number of hydrogen-bond acceptors (Lipinski definition) is 4. The van der Waals surface area contributed by atoms with Crippen molar-refractivity contribution in [3.05, 3.63) is 39.9 Å². The third-order valence-corrected chi connectivity index (χ3v) is 3.93. The molecule has 0 amide bonds. The van der Waals surface area contributed by atoms with Crippen LogP contribution in [0.25, 0.3) is 0 Å². The summed E-state index contributed by atoms with van der Waals surface area (Å²) >= 11 is 0. The number of carboxylic acids is 1. The van der Waals surface area contributed by atoms with E-state index in [1.807, 2.05) is 0 Å². The first-order chi connectivity index (χ1) is 9.40. The molecule has 1 aromatic rings. The van der Waals surface area contributed by atoms with Crippen LogP contribution in [0.4, 0.5) is 5.69 Å². The molecule has 1 unspecified atom stereocenters. The van der Waals surface area contributed by atoms with E-state index in [2.05, 4.69) is 4.90 Å². The van der Waals surface area contributed by atoms with Crippen LogP contribution >= 0.6 is 0 Å². The Balaban J connectivity index is 1.87. The van der Waals surface area contributed by atoms with Gasteiger partial charge in [0.2, 0.25) is 0 Å². The van der Waals surface area contributed by atoms with Gasteiger partial charge in [0.15, 0.2) is 0 Å². The van der Waals surface area contributed by atoms with Crippen molar-refractivity contribution in [3.63, 3.8) is 0 Å². The van der Waals surface area contributed by atoms with E-state index >= 15 is 0 Å². The third kappa shape index (κ3) is 3.14. The summed E-state index contributed by atoms with van der Waals surface area (Å²) in [7, 11) is 0. The lowest BCUT2D eigenvalue weighted by atomic mass is 9.90. The molecule has 6 heteroatoms. The van der Waals surface area contributed by atoms with E-state index in [0.717, 1.165) is 25.1 Å². The van der Waals surface area contributed by atoms with Crippen molar-refractivity contribution in [1.82, 2.24) is 4.90 Å². The zero-order chi connectivity index (χ0) is 14.8. The Hall–Kier alpha value is -1.95. The van der Waals surface area contributed by atoms with Crippen LogP contribution in [0.3, 0.4) is 0 Å². The number of nitrogens with zero attached hydrogens (tertiary/aromatic N) is 2. The van der Waals surface area contributed by atoms with E-state index in [1.54, 1.807) is 19.1 Å². The van der Waals surface area contributed by atoms with Crippen molar-refractivity contribution in [2.45, 2.75) is 19.8 Å². The average Bonchev–Trinajstić information content (AvgIpc) is 2.80. The molecule has 1 aliphatic rings. The summed E-state index contributed by atoms with van der Waals surface area (Å²) in [6, 6.07) is 6.51. The molecule has 2 rings (SSSR count). The number of benzene rings is 1. The maximum atomic E-state index is 11.2. The van der Waals surface area contributed by atoms with Gasteiger partial charge in [0.25, 0.3) is 5.69 Å². The molecule has 0 spiro atoms. The Labute approximate surface area is 117 Å². The quantitative estimate of drug-likeness (QED) is 0.657. The highest BCUT2D eigenvalue weighted by atomic mass is 16.6. The molecule has 0 saturated carbocycles. The van der Waals surface area contributed by atoms with Gasteiger partial charge in [-0.3, -0.25) is 14.9 Å². The van der Waals surface area contributed by atoms with Gasteiger partial charge in [-0.2, -0.15) is 0 Å². The summed E-state index contributed by atoms with van der Waals surface area (Å²) in [4.78, 5) is 23.4. The van der Waals surface area contributed by atoms with Gasteiger partial charge < -0.3 is 10.0 Å². The lowest BCUT2D eigenvalue weighted by Crippen LogP contribution is -2.32. The van der Waals surface area contributed by atoms with Crippen molar-refractivity contribution >= 4 is 11.7 Å². The van der Waals surface area contributed by atoms with E-state index in [4.69, 9.17) is 5.11 Å². The van der Waals surface area contributed by atoms with E-state index in [0.29, 0.717) is 13.0 Å². The molecule has 0 radical (unpaired) electrons. The Morgan fingerprint density at radius 3 is 2.60 bits per heavy atom. The van der Waals surface area contributed by atoms with Crippen molar-refractivity contribution in [2.75, 3.05) is 19.6 Å². The molecule has 1 heterocycles. The fourth-order valence-corrected chi connectivity index (χ4v) is 2.49. The van der Waals surface area contributed by atoms with Gasteiger partial charge in [0, 0.05) is 25.2 Å². The highest BCUT2D eigenvalue weighted by molar-refractivity contribution is 5.74. The van der Waals surface area contributed by atoms with E-state index in [9.17, 15) is 14.9 Å². The minimum Gasteiger partial charge on any atom is -0.481 e. The van der Waals surface area contributed by atoms with Gasteiger partial charge >= 0.3 is 5.97 Å². The molecular weight excluding hydrogens is 260 g/mol. The summed E-state index contributed by atoms with van der Waals surface area (Å²) < 4.78 is 0. The second kappa shape index (κ2) is 5.58. The van der Waals surface area contributed by atoms with Gasteiger partial charge in [0.1, 0.15) is 0 Å². The van der Waals surface area contributed by atoms with Crippen molar-refractivity contribution in [3.8, 4) is 0 Å². The largest absolute Gasteiger partial charge is 0.481 e. The van der Waals surface area contributed by atoms with E-state index in [1.165, 1.54) is 12.1 Å². The van der Waals surface area contributed by atoms with Crippen LogP contribution in [-0.2, 0) is 11.2 Å². The lowest BCUT2D eigenvalue weighted by Gasteiger charge is -2.19. The molecule has 108 valence electrons. The minimum atomic E-state index is -0.740. The highest BCUT2D eigenvalue weighted by Gasteiger charge is 2.39. The summed E-state index contributed by atoms with van der Waals surface area (Å²) in [5.74, 6) is -0.740. The second-order valence-corrected chi connectivity index (χ2v) is 5.57. The number of hydrogen-bond donors (Lipinski definition) is 1. The molecule has 1 aliphatic heterocycles. The number of aliphatic carboxylic acids is 1. The molecule has 1 saturated heterocycles. The molecular formula is C14H18N2O4. The predicted molar refractivity (Wildman–Crippen MR) is 73.6 cm³/mol. The monoisotopic (exact) mass is 278 g/mol. The Kier molecular flexibility index (Phi) is 4.04. The fourth-order valence-electron chi connectivity index (χ4n) is 2.49. The third-order valence-electron chi connectivity index (χ3n) is 3.93. The van der Waals surface area contributed by atoms with E-state index in [-0.39, 0.29) is 5.69 Å². The molecule has 0 aromatic heterocycles. The standard InChI is InChI=1S/C14H18N2O4/c1-14(13(17)18)7-9-15(10-14)8-6-11-2-4-12(5-3-11)16(19)20/h2-5H,6-10H2,1H3,(H,17,18). The number of carboxylic acid groups (broad SMARTS) is 1. The molecule has 20 heavy (non-hydrogen) atoms. The first-order valence-electron chi connectivity index (χ1n) is 6.60.